The number of hydrogen-bond acceptors (Lipinski definition) is 7. The number of nitrogens with zero attached hydrogens (tertiary/aromatic N) is 2. The van der Waals surface area contributed by atoms with E-state index in [2.05, 4.69) is 72.4 Å². The molecular formula is C46H72N2O6. The molecule has 8 nitrogen and oxygen atoms in total. The molecule has 1 heterocycles. The molecule has 0 saturated heterocycles. The van der Waals surface area contributed by atoms with Crippen molar-refractivity contribution in [1.29, 1.82) is 0 Å². The zero-order valence-corrected chi connectivity index (χ0v) is 35.6. The van der Waals surface area contributed by atoms with Crippen LogP contribution in [0.1, 0.15) is 139 Å². The van der Waals surface area contributed by atoms with Crippen molar-refractivity contribution < 1.29 is 29.3 Å². The molecule has 0 bridgehead atoms. The predicted octanol–water partition coefficient (Wildman–Crippen LogP) is 8.28. The molecule has 2 N–H and O–H groups in total. The first-order chi connectivity index (χ1) is 25.0. The molecule has 8 heteroatoms. The molecule has 2 unspecified atom stereocenters. The average Bonchev–Trinajstić information content (AvgIpc) is 3.36. The highest BCUT2D eigenvalue weighted by Gasteiger charge is 2.71. The van der Waals surface area contributed by atoms with Crippen LogP contribution in [0.4, 0.5) is 0 Å². The number of likely N-dealkylation sites (N-methyl/N-ethyl adjacent to an activating group) is 1. The third-order valence-electron chi connectivity index (χ3n) is 17.9. The van der Waals surface area contributed by atoms with Crippen molar-refractivity contribution in [2.45, 2.75) is 152 Å². The Morgan fingerprint density at radius 2 is 1.65 bits per heavy atom. The van der Waals surface area contributed by atoms with E-state index < -0.39 is 28.9 Å². The predicted molar refractivity (Wildman–Crippen MR) is 211 cm³/mol. The first-order valence-electron chi connectivity index (χ1n) is 21.5. The zero-order valence-electron chi connectivity index (χ0n) is 35.6. The Balaban J connectivity index is 1.16. The second-order valence-corrected chi connectivity index (χ2v) is 21.9. The lowest BCUT2D eigenvalue weighted by Gasteiger charge is -2.72. The molecule has 5 fully saturated rings. The van der Waals surface area contributed by atoms with E-state index in [4.69, 9.17) is 4.74 Å². The van der Waals surface area contributed by atoms with E-state index in [1.807, 2.05) is 0 Å². The Morgan fingerprint density at radius 3 is 2.26 bits per heavy atom. The third-order valence-corrected chi connectivity index (χ3v) is 17.9. The normalized spacial score (nSPS) is 40.9. The number of esters is 1. The number of Topliss-reactive ketones (excluding diaryl/α,β-unsaturated/α-hetero) is 1. The van der Waals surface area contributed by atoms with Crippen LogP contribution in [-0.4, -0.2) is 83.7 Å². The number of carbonyl (C=O) groups is 3. The van der Waals surface area contributed by atoms with Gasteiger partial charge in [0.2, 0.25) is 0 Å². The number of aliphatic hydroxyl groups excluding tert-OH is 1. The number of ketones is 1. The number of carboxylic acids is 1. The number of aliphatic carboxylic acids is 1. The number of allylic oxidation sites excluding steroid dienone is 1. The fourth-order valence-electron chi connectivity index (χ4n) is 14.7. The molecule has 1 aliphatic heterocycles. The number of rotatable bonds is 9. The van der Waals surface area contributed by atoms with Gasteiger partial charge in [-0.15, -0.1) is 0 Å². The highest BCUT2D eigenvalue weighted by Crippen LogP contribution is 2.77. The van der Waals surface area contributed by atoms with E-state index in [9.17, 15) is 24.6 Å². The van der Waals surface area contributed by atoms with Crippen LogP contribution in [0.5, 0.6) is 0 Å². The van der Waals surface area contributed by atoms with Gasteiger partial charge in [-0.3, -0.25) is 19.3 Å². The van der Waals surface area contributed by atoms with E-state index in [0.29, 0.717) is 30.7 Å². The Kier molecular flexibility index (Phi) is 9.77. The second-order valence-electron chi connectivity index (χ2n) is 21.9. The van der Waals surface area contributed by atoms with Gasteiger partial charge < -0.3 is 19.8 Å². The van der Waals surface area contributed by atoms with Crippen molar-refractivity contribution in [2.75, 3.05) is 33.7 Å². The summed E-state index contributed by atoms with van der Waals surface area (Å²) < 4.78 is 6.19. The van der Waals surface area contributed by atoms with Gasteiger partial charge in [-0.2, -0.15) is 0 Å². The maximum absolute atomic E-state index is 14.2. The summed E-state index contributed by atoms with van der Waals surface area (Å²) in [5.74, 6) is 0.797. The van der Waals surface area contributed by atoms with Gasteiger partial charge in [-0.25, -0.2) is 0 Å². The Bertz CT molecular complexity index is 1640. The summed E-state index contributed by atoms with van der Waals surface area (Å²) in [7, 11) is 4.31. The van der Waals surface area contributed by atoms with Crippen LogP contribution >= 0.6 is 0 Å². The Morgan fingerprint density at radius 1 is 0.944 bits per heavy atom. The average molecular weight is 749 g/mol. The maximum atomic E-state index is 14.2. The summed E-state index contributed by atoms with van der Waals surface area (Å²) in [6.07, 6.45) is 9.99. The van der Waals surface area contributed by atoms with Crippen molar-refractivity contribution in [3.63, 3.8) is 0 Å². The van der Waals surface area contributed by atoms with Crippen LogP contribution in [0, 0.1) is 62.1 Å². The highest BCUT2D eigenvalue weighted by atomic mass is 16.5. The van der Waals surface area contributed by atoms with Crippen molar-refractivity contribution in [2.24, 2.45) is 62.1 Å². The number of hydrogen-bond donors (Lipinski definition) is 2. The highest BCUT2D eigenvalue weighted by molar-refractivity contribution is 6.00. The summed E-state index contributed by atoms with van der Waals surface area (Å²) in [5, 5.41) is 22.2. The van der Waals surface area contributed by atoms with E-state index in [1.165, 1.54) is 24.1 Å². The SMILES string of the molecule is CC(C)C1=C2[C@H]3CC[C@@H]4[C@@]5(C)CC[C@H](OC(=O)CC(C)(C)C(=O)O)C(C)(C)C5CC[C@@]4(C)[C@]3(C)CC[C@@]2([C@@H](O)CN2CC(N(C)C)=C3CCC3C2)CC1=O. The van der Waals surface area contributed by atoms with Gasteiger partial charge in [-0.1, -0.05) is 54.0 Å². The van der Waals surface area contributed by atoms with Crippen LogP contribution in [0.2, 0.25) is 0 Å². The summed E-state index contributed by atoms with van der Waals surface area (Å²) in [5.41, 5.74) is 3.71. The number of carbonyl (C=O) groups excluding carboxylic acids is 2. The van der Waals surface area contributed by atoms with Gasteiger partial charge in [0, 0.05) is 56.7 Å². The molecule has 0 aromatic carbocycles. The van der Waals surface area contributed by atoms with Crippen LogP contribution in [0.25, 0.3) is 0 Å². The minimum Gasteiger partial charge on any atom is -0.481 e. The molecule has 5 saturated carbocycles. The van der Waals surface area contributed by atoms with Gasteiger partial charge >= 0.3 is 11.9 Å². The molecule has 0 radical (unpaired) electrons. The fourth-order valence-corrected chi connectivity index (χ4v) is 14.7. The molecule has 54 heavy (non-hydrogen) atoms. The molecule has 0 spiro atoms. The number of aliphatic hydroxyl groups is 1. The summed E-state index contributed by atoms with van der Waals surface area (Å²) >= 11 is 0. The standard InChI is InChI=1S/C46H72N2O6/c1-27(2)38-32(49)22-46(35(50)26-48-24-28-12-13-29(28)31(25-48)47(10)11)21-20-44(8)30(39(38)46)14-15-34-43(7)18-17-36(54-37(51)23-41(3,4)40(52)53)42(5,6)33(43)16-19-45(34,44)9/h27-28,30,33-36,50H,12-26H2,1-11H3,(H,52,53)/t28?,30-,33?,34-,35+,36+,43+,44-,45-,46+/m1/s1. The van der Waals surface area contributed by atoms with Crippen LogP contribution < -0.4 is 0 Å². The monoisotopic (exact) mass is 749 g/mol. The van der Waals surface area contributed by atoms with Gasteiger partial charge in [0.15, 0.2) is 5.78 Å². The Labute approximate surface area is 325 Å². The van der Waals surface area contributed by atoms with Crippen molar-refractivity contribution >= 4 is 17.7 Å². The lowest BCUT2D eigenvalue weighted by molar-refractivity contribution is -0.235. The summed E-state index contributed by atoms with van der Waals surface area (Å²) in [6, 6.07) is 0. The van der Waals surface area contributed by atoms with Gasteiger partial charge in [0.25, 0.3) is 0 Å². The topological polar surface area (TPSA) is 107 Å². The molecule has 0 aromatic rings. The van der Waals surface area contributed by atoms with E-state index in [1.54, 1.807) is 19.4 Å². The summed E-state index contributed by atoms with van der Waals surface area (Å²) in [4.78, 5) is 43.9. The minimum atomic E-state index is -1.16. The smallest absolute Gasteiger partial charge is 0.309 e. The molecule has 7 rings (SSSR count). The quantitative estimate of drug-likeness (QED) is 0.227. The van der Waals surface area contributed by atoms with Crippen LogP contribution in [0.3, 0.4) is 0 Å². The molecule has 7 aliphatic rings. The van der Waals surface area contributed by atoms with Gasteiger partial charge in [0.1, 0.15) is 6.10 Å². The van der Waals surface area contributed by atoms with Crippen molar-refractivity contribution in [3.8, 4) is 0 Å². The second kappa shape index (κ2) is 13.2. The third kappa shape index (κ3) is 5.74. The van der Waals surface area contributed by atoms with E-state index in [0.717, 1.165) is 70.0 Å². The lowest BCUT2D eigenvalue weighted by Crippen LogP contribution is -2.66. The molecule has 6 aliphatic carbocycles. The van der Waals surface area contributed by atoms with Gasteiger partial charge in [-0.05, 0) is 135 Å². The van der Waals surface area contributed by atoms with E-state index in [-0.39, 0.29) is 51.8 Å². The fraction of sp³-hybridized carbons (Fsp3) is 0.848. The lowest BCUT2D eigenvalue weighted by atomic mass is 9.33. The van der Waals surface area contributed by atoms with Crippen LogP contribution in [-0.2, 0) is 19.1 Å². The molecule has 302 valence electrons. The van der Waals surface area contributed by atoms with Crippen molar-refractivity contribution in [1.82, 2.24) is 9.80 Å². The first kappa shape index (κ1) is 40.0. The Hall–Kier alpha value is -2.19. The summed E-state index contributed by atoms with van der Waals surface area (Å²) in [6.45, 7) is 22.4. The minimum absolute atomic E-state index is 0.00979. The van der Waals surface area contributed by atoms with Gasteiger partial charge in [0.05, 0.1) is 17.9 Å². The molecular weight excluding hydrogens is 677 g/mol. The molecule has 0 aromatic heterocycles. The van der Waals surface area contributed by atoms with E-state index >= 15 is 0 Å². The number of ether oxygens (including phenoxy) is 1. The number of carboxylic acid groups (broad SMARTS) is 1. The first-order valence-corrected chi connectivity index (χ1v) is 21.5. The number of β-amino-alcohol motifs (C(OH)–C–C–N with tert-alkyl or cyclic N) is 1. The van der Waals surface area contributed by atoms with Crippen LogP contribution in [0.15, 0.2) is 22.4 Å². The maximum Gasteiger partial charge on any atom is 0.309 e. The molecule has 10 atom stereocenters. The molecule has 0 amide bonds. The van der Waals surface area contributed by atoms with Crippen molar-refractivity contribution in [3.05, 3.63) is 22.4 Å². The number of fused-ring (bicyclic) bond motifs is 8. The largest absolute Gasteiger partial charge is 0.481 e. The zero-order chi connectivity index (χ0) is 39.6.